The second-order valence-corrected chi connectivity index (χ2v) is 18.9. The fourth-order valence-corrected chi connectivity index (χ4v) is 10.3. The lowest BCUT2D eigenvalue weighted by molar-refractivity contribution is -0.141. The molecule has 2 aromatic carbocycles. The lowest BCUT2D eigenvalue weighted by atomic mass is 10.0. The maximum absolute atomic E-state index is 16.8. The quantitative estimate of drug-likeness (QED) is 0.0910. The molecule has 364 valence electrons. The first kappa shape index (κ1) is 47.1. The number of likely N-dealkylation sites (tertiary alicyclic amines) is 2. The maximum Gasteiger partial charge on any atom is 0.434 e. The monoisotopic (exact) mass is 974 g/mol. The molecule has 4 N–H and O–H groups in total. The number of hydrogen-bond donors (Lipinski definition) is 4. The number of fused-ring (bicyclic) bond motifs is 5. The van der Waals surface area contributed by atoms with E-state index in [2.05, 4.69) is 35.6 Å². The van der Waals surface area contributed by atoms with Crippen molar-refractivity contribution in [3.8, 4) is 39.5 Å². The van der Waals surface area contributed by atoms with Crippen LogP contribution >= 0.6 is 11.3 Å². The summed E-state index contributed by atoms with van der Waals surface area (Å²) in [4.78, 5) is 74.9. The molecule has 9 rings (SSSR count). The van der Waals surface area contributed by atoms with Crippen LogP contribution in [0.3, 0.4) is 0 Å². The third kappa shape index (κ3) is 8.85. The number of halogens is 4. The minimum atomic E-state index is -4.72. The Kier molecular flexibility index (Phi) is 12.6. The zero-order chi connectivity index (χ0) is 49.1. The minimum absolute atomic E-state index is 0.00631. The number of carbonyl (C=O) groups excluding carboxylic acids is 4. The number of nitrogens with zero attached hydrogens (tertiary/aromatic N) is 6. The number of alkyl halides is 3. The number of benzene rings is 2. The number of aromatic amines is 2. The second-order valence-electron chi connectivity index (χ2n) is 18.0. The molecule has 4 amide bonds. The largest absolute Gasteiger partial charge is 0.462 e. The highest BCUT2D eigenvalue weighted by Crippen LogP contribution is 2.48. The maximum atomic E-state index is 16.8. The van der Waals surface area contributed by atoms with Gasteiger partial charge in [-0.15, -0.1) is 11.3 Å². The summed E-state index contributed by atoms with van der Waals surface area (Å²) in [7, 11) is 2.46. The number of methoxy groups -OCH3 is 2. The van der Waals surface area contributed by atoms with Crippen LogP contribution in [0.1, 0.15) is 94.0 Å². The summed E-state index contributed by atoms with van der Waals surface area (Å²) in [5.74, 6) is -0.577. The lowest BCUT2D eigenvalue weighted by Gasteiger charge is -2.30. The summed E-state index contributed by atoms with van der Waals surface area (Å²) < 4.78 is 76.3. The van der Waals surface area contributed by atoms with E-state index in [-0.39, 0.29) is 46.0 Å². The number of alkyl carbamates (subject to hydrolysis) is 2. The molecule has 0 saturated carbocycles. The molecule has 7 heterocycles. The molecule has 2 saturated heterocycles. The Morgan fingerprint density at radius 3 is 1.90 bits per heavy atom. The first-order valence-electron chi connectivity index (χ1n) is 22.5. The molecule has 2 fully saturated rings. The third-order valence-electron chi connectivity index (χ3n) is 12.9. The summed E-state index contributed by atoms with van der Waals surface area (Å²) in [6.07, 6.45) is -1.54. The normalized spacial score (nSPS) is 18.8. The van der Waals surface area contributed by atoms with Crippen molar-refractivity contribution >= 4 is 46.2 Å². The van der Waals surface area contributed by atoms with Crippen molar-refractivity contribution in [2.24, 2.45) is 11.8 Å². The molecular formula is C47H50F4N10O7S. The van der Waals surface area contributed by atoms with E-state index in [0.717, 1.165) is 23.1 Å². The van der Waals surface area contributed by atoms with Crippen LogP contribution in [0, 0.1) is 17.7 Å². The zero-order valence-electron chi connectivity index (χ0n) is 38.4. The van der Waals surface area contributed by atoms with Crippen molar-refractivity contribution in [1.82, 2.24) is 49.9 Å². The molecule has 5 atom stereocenters. The number of rotatable bonds is 11. The zero-order valence-corrected chi connectivity index (χ0v) is 39.3. The molecular weight excluding hydrogens is 925 g/mol. The molecule has 4 aromatic heterocycles. The Morgan fingerprint density at radius 2 is 1.38 bits per heavy atom. The average Bonchev–Trinajstić information content (AvgIpc) is 4.18. The number of thiazole rings is 1. The molecule has 6 aromatic rings. The summed E-state index contributed by atoms with van der Waals surface area (Å²) in [5.41, 5.74) is 1.96. The highest BCUT2D eigenvalue weighted by molar-refractivity contribution is 7.09. The first-order valence-corrected chi connectivity index (χ1v) is 23.4. The summed E-state index contributed by atoms with van der Waals surface area (Å²) in [6.45, 7) is 8.22. The average molecular weight is 975 g/mol. The number of ether oxygens (including phenoxy) is 3. The summed E-state index contributed by atoms with van der Waals surface area (Å²) >= 11 is 0.772. The molecule has 22 heteroatoms. The van der Waals surface area contributed by atoms with Crippen LogP contribution in [-0.2, 0) is 25.2 Å². The highest BCUT2D eigenvalue weighted by Gasteiger charge is 2.41. The van der Waals surface area contributed by atoms with Crippen LogP contribution < -0.4 is 15.4 Å². The van der Waals surface area contributed by atoms with Crippen molar-refractivity contribution in [3.63, 3.8) is 0 Å². The number of hydrogen-bond acceptors (Lipinski definition) is 11. The van der Waals surface area contributed by atoms with Gasteiger partial charge < -0.3 is 44.6 Å². The van der Waals surface area contributed by atoms with Gasteiger partial charge in [-0.2, -0.15) is 13.2 Å². The van der Waals surface area contributed by atoms with E-state index >= 15 is 4.39 Å². The van der Waals surface area contributed by atoms with Crippen LogP contribution in [0.15, 0.2) is 54.2 Å². The highest BCUT2D eigenvalue weighted by atomic mass is 32.1. The lowest BCUT2D eigenvalue weighted by Crippen LogP contribution is -2.51. The first-order chi connectivity index (χ1) is 32.9. The predicted octanol–water partition coefficient (Wildman–Crippen LogP) is 8.73. The van der Waals surface area contributed by atoms with E-state index in [1.807, 2.05) is 39.8 Å². The fraction of sp³-hybridized carbons (Fsp3) is 0.426. The van der Waals surface area contributed by atoms with Gasteiger partial charge in [0, 0.05) is 35.0 Å². The van der Waals surface area contributed by atoms with E-state index < -0.39 is 54.2 Å². The van der Waals surface area contributed by atoms with Gasteiger partial charge in [0.25, 0.3) is 0 Å². The Balaban J connectivity index is 1.04. The molecule has 3 aliphatic rings. The Hall–Kier alpha value is -6.97. The van der Waals surface area contributed by atoms with Crippen LogP contribution in [0.5, 0.6) is 5.75 Å². The third-order valence-corrected chi connectivity index (χ3v) is 13.8. The smallest absolute Gasteiger partial charge is 0.434 e. The van der Waals surface area contributed by atoms with Crippen LogP contribution in [-0.4, -0.2) is 103 Å². The number of imidazole rings is 2. The molecule has 69 heavy (non-hydrogen) atoms. The van der Waals surface area contributed by atoms with Crippen molar-refractivity contribution in [1.29, 1.82) is 0 Å². The van der Waals surface area contributed by atoms with Gasteiger partial charge in [0.2, 0.25) is 18.0 Å². The van der Waals surface area contributed by atoms with E-state index in [9.17, 15) is 32.3 Å². The second kappa shape index (κ2) is 18.5. The Morgan fingerprint density at radius 1 is 0.812 bits per heavy atom. The van der Waals surface area contributed by atoms with Crippen molar-refractivity contribution < 1.29 is 51.0 Å². The Labute approximate surface area is 396 Å². The number of carbonyl (C=O) groups is 4. The van der Waals surface area contributed by atoms with Crippen LogP contribution in [0.25, 0.3) is 44.7 Å². The summed E-state index contributed by atoms with van der Waals surface area (Å²) in [6, 6.07) is 7.62. The van der Waals surface area contributed by atoms with Crippen molar-refractivity contribution in [3.05, 3.63) is 82.3 Å². The van der Waals surface area contributed by atoms with E-state index in [1.54, 1.807) is 38.8 Å². The molecule has 17 nitrogen and oxygen atoms in total. The van der Waals surface area contributed by atoms with Gasteiger partial charge in [-0.05, 0) is 67.9 Å². The number of amides is 4. The van der Waals surface area contributed by atoms with E-state index in [1.165, 1.54) is 26.5 Å². The van der Waals surface area contributed by atoms with Gasteiger partial charge in [-0.3, -0.25) is 14.2 Å². The number of nitrogens with one attached hydrogen (secondary N) is 4. The SMILES string of the molecule is COC(=O)N[C@H](C(=O)N1CCC[C@H]1c1ncc(-c2cc(F)c3c(c2)OC(c2nc(C(F)(F)F)cs2)n2c-3cc3cc(-c4cnc([C@@H]5CCCN5C(=O)[C@@H](NC(=O)OC)C(C)C)[nH]4)ccc32)[nH]1)C(C)C. The Bertz CT molecular complexity index is 2940. The van der Waals surface area contributed by atoms with Gasteiger partial charge in [0.1, 0.15) is 35.3 Å². The summed E-state index contributed by atoms with van der Waals surface area (Å²) in [5, 5.41) is 6.82. The minimum Gasteiger partial charge on any atom is -0.462 e. The number of aromatic nitrogens is 6. The van der Waals surface area contributed by atoms with Gasteiger partial charge >= 0.3 is 18.4 Å². The van der Waals surface area contributed by atoms with Gasteiger partial charge in [0.15, 0.2) is 10.7 Å². The van der Waals surface area contributed by atoms with Gasteiger partial charge in [0.05, 0.1) is 66.9 Å². The van der Waals surface area contributed by atoms with Gasteiger partial charge in [-0.25, -0.2) is 28.9 Å². The standard InChI is InChI=1S/C47H50F4N10O7S/c1-22(2)37(57-45(64)66-5)42(62)59-13-7-9-31(59)39-52-19-28(54-39)24-11-12-30-26(15-24)17-33-36-27(48)16-25(18-34(36)68-44(61(30)33)41-56-35(21-69-41)47(49,50)51)29-20-53-40(55-29)32-10-8-14-60(32)43(63)38(23(3)4)58-46(65)67-6/h11-12,15-23,31-32,37-38,44H,7-10,13-14H2,1-6H3,(H,52,54)(H,53,55)(H,57,64)(H,58,65)/t31-,32-,37-,38-,44?/m0/s1. The van der Waals surface area contributed by atoms with Crippen LogP contribution in [0.4, 0.5) is 27.2 Å². The molecule has 3 aliphatic heterocycles. The fourth-order valence-electron chi connectivity index (χ4n) is 9.48. The van der Waals surface area contributed by atoms with Crippen LogP contribution in [0.2, 0.25) is 0 Å². The van der Waals surface area contributed by atoms with E-state index in [4.69, 9.17) is 14.2 Å². The molecule has 1 unspecified atom stereocenters. The van der Waals surface area contributed by atoms with E-state index in [0.29, 0.717) is 83.1 Å². The number of H-pyrrole nitrogens is 2. The molecule has 0 aliphatic carbocycles. The van der Waals surface area contributed by atoms with Crippen molar-refractivity contribution in [2.45, 2.75) is 89.9 Å². The molecule has 0 radical (unpaired) electrons. The molecule has 0 spiro atoms. The predicted molar refractivity (Wildman–Crippen MR) is 244 cm³/mol. The topological polar surface area (TPSA) is 202 Å². The van der Waals surface area contributed by atoms with Gasteiger partial charge in [-0.1, -0.05) is 33.8 Å². The molecule has 0 bridgehead atoms. The van der Waals surface area contributed by atoms with Crippen molar-refractivity contribution in [2.75, 3.05) is 27.3 Å².